The highest BCUT2D eigenvalue weighted by Crippen LogP contribution is 2.21. The van der Waals surface area contributed by atoms with Crippen LogP contribution in [0.4, 0.5) is 5.69 Å². The number of benzene rings is 2. The summed E-state index contributed by atoms with van der Waals surface area (Å²) < 4.78 is 11.1. The third-order valence-electron chi connectivity index (χ3n) is 4.29. The van der Waals surface area contributed by atoms with Crippen molar-refractivity contribution in [1.82, 2.24) is 10.3 Å². The lowest BCUT2D eigenvalue weighted by molar-refractivity contribution is -0.123. The van der Waals surface area contributed by atoms with Crippen molar-refractivity contribution >= 4 is 17.5 Å². The monoisotopic (exact) mass is 407 g/mol. The van der Waals surface area contributed by atoms with E-state index in [0.29, 0.717) is 43.1 Å². The van der Waals surface area contributed by atoms with Gasteiger partial charge in [-0.2, -0.15) is 0 Å². The van der Waals surface area contributed by atoms with Crippen LogP contribution >= 0.6 is 0 Å². The molecule has 0 atom stereocenters. The molecule has 1 heterocycles. The fourth-order valence-electron chi connectivity index (χ4n) is 2.82. The maximum Gasteiger partial charge on any atom is 0.257 e. The molecule has 0 saturated heterocycles. The molecule has 0 saturated carbocycles. The minimum Gasteiger partial charge on any atom is -0.484 e. The van der Waals surface area contributed by atoms with E-state index in [9.17, 15) is 9.59 Å². The summed E-state index contributed by atoms with van der Waals surface area (Å²) in [5.41, 5.74) is 1.65. The summed E-state index contributed by atoms with van der Waals surface area (Å²) in [6.45, 7) is 2.38. The van der Waals surface area contributed by atoms with Crippen molar-refractivity contribution in [2.24, 2.45) is 0 Å². The number of rotatable bonds is 10. The quantitative estimate of drug-likeness (QED) is 0.533. The summed E-state index contributed by atoms with van der Waals surface area (Å²) in [7, 11) is 0. The predicted octanol–water partition coefficient (Wildman–Crippen LogP) is 3.82. The number of aromatic nitrogens is 1. The molecule has 0 aliphatic heterocycles. The highest BCUT2D eigenvalue weighted by atomic mass is 16.5. The van der Waals surface area contributed by atoms with Crippen LogP contribution in [0.2, 0.25) is 0 Å². The number of anilines is 1. The molecule has 156 valence electrons. The number of carbonyl (C=O) groups excluding carboxylic acids is 2. The summed E-state index contributed by atoms with van der Waals surface area (Å²) in [4.78, 5) is 27.8. The van der Waals surface area contributed by atoms with Crippen molar-refractivity contribution in [3.8, 4) is 17.1 Å². The van der Waals surface area contributed by atoms with E-state index in [0.717, 1.165) is 11.3 Å². The number of likely N-dealkylation sites (N-methyl/N-ethyl adjacent to an activating group) is 1. The van der Waals surface area contributed by atoms with E-state index in [1.54, 1.807) is 30.5 Å². The summed E-state index contributed by atoms with van der Waals surface area (Å²) in [5.74, 6) is 1.66. The number of nitrogens with zero attached hydrogens (tertiary/aromatic N) is 1. The second-order valence-electron chi connectivity index (χ2n) is 6.65. The molecule has 7 nitrogen and oxygen atoms in total. The smallest absolute Gasteiger partial charge is 0.257 e. The zero-order valence-electron chi connectivity index (χ0n) is 16.9. The number of hydrogen-bond acceptors (Lipinski definition) is 5. The van der Waals surface area contributed by atoms with Crippen LogP contribution < -0.4 is 15.4 Å². The van der Waals surface area contributed by atoms with Gasteiger partial charge in [-0.05, 0) is 37.6 Å². The highest BCUT2D eigenvalue weighted by molar-refractivity contribution is 5.90. The molecule has 30 heavy (non-hydrogen) atoms. The van der Waals surface area contributed by atoms with E-state index in [1.807, 2.05) is 37.3 Å². The summed E-state index contributed by atoms with van der Waals surface area (Å²) in [5, 5.41) is 5.51. The second-order valence-corrected chi connectivity index (χ2v) is 6.65. The van der Waals surface area contributed by atoms with Crippen molar-refractivity contribution in [3.05, 3.63) is 66.7 Å². The van der Waals surface area contributed by atoms with Gasteiger partial charge in [0.15, 0.2) is 18.3 Å². The van der Waals surface area contributed by atoms with Gasteiger partial charge in [-0.15, -0.1) is 0 Å². The Kier molecular flexibility index (Phi) is 7.60. The van der Waals surface area contributed by atoms with Crippen LogP contribution in [0, 0.1) is 0 Å². The number of carbonyl (C=O) groups is 2. The number of hydrogen-bond donors (Lipinski definition) is 2. The van der Waals surface area contributed by atoms with Gasteiger partial charge in [-0.3, -0.25) is 9.59 Å². The summed E-state index contributed by atoms with van der Waals surface area (Å²) in [6, 6.07) is 16.7. The van der Waals surface area contributed by atoms with E-state index in [4.69, 9.17) is 9.15 Å². The summed E-state index contributed by atoms with van der Waals surface area (Å²) >= 11 is 0. The third-order valence-corrected chi connectivity index (χ3v) is 4.29. The lowest BCUT2D eigenvalue weighted by Gasteiger charge is -2.08. The molecular formula is C23H25N3O4. The third kappa shape index (κ3) is 6.48. The molecule has 2 amide bonds. The first kappa shape index (κ1) is 21.1. The maximum atomic E-state index is 12.2. The Morgan fingerprint density at radius 1 is 1.03 bits per heavy atom. The normalized spacial score (nSPS) is 10.4. The van der Waals surface area contributed by atoms with Crippen LogP contribution in [0.25, 0.3) is 11.3 Å². The first-order valence-corrected chi connectivity index (χ1v) is 9.93. The van der Waals surface area contributed by atoms with Gasteiger partial charge in [-0.1, -0.05) is 30.3 Å². The fraction of sp³-hybridized carbons (Fsp3) is 0.261. The Balaban J connectivity index is 1.39. The molecule has 1 aromatic heterocycles. The SMILES string of the molecule is CCNC(=O)COc1ccc(NC(=O)CCCc2ncc(-c3ccccc3)o2)cc1. The van der Waals surface area contributed by atoms with Gasteiger partial charge in [0, 0.05) is 30.6 Å². The molecular weight excluding hydrogens is 382 g/mol. The van der Waals surface area contributed by atoms with Crippen molar-refractivity contribution in [2.45, 2.75) is 26.2 Å². The van der Waals surface area contributed by atoms with Crippen LogP contribution in [0.5, 0.6) is 5.75 Å². The van der Waals surface area contributed by atoms with E-state index in [2.05, 4.69) is 15.6 Å². The van der Waals surface area contributed by atoms with Gasteiger partial charge in [0.1, 0.15) is 5.75 Å². The van der Waals surface area contributed by atoms with Crippen LogP contribution in [0.15, 0.2) is 65.2 Å². The fourth-order valence-corrected chi connectivity index (χ4v) is 2.82. The van der Waals surface area contributed by atoms with E-state index < -0.39 is 0 Å². The van der Waals surface area contributed by atoms with Crippen molar-refractivity contribution in [2.75, 3.05) is 18.5 Å². The maximum absolute atomic E-state index is 12.2. The van der Waals surface area contributed by atoms with Gasteiger partial charge in [0.2, 0.25) is 5.91 Å². The zero-order valence-corrected chi connectivity index (χ0v) is 16.9. The standard InChI is InChI=1S/C23H25N3O4/c1-2-24-22(28)16-29-19-13-11-18(12-14-19)26-21(27)9-6-10-23-25-15-20(30-23)17-7-4-3-5-8-17/h3-5,7-8,11-15H,2,6,9-10,16H2,1H3,(H,24,28)(H,26,27). The van der Waals surface area contributed by atoms with E-state index >= 15 is 0 Å². The number of ether oxygens (including phenoxy) is 1. The molecule has 0 fully saturated rings. The Hall–Kier alpha value is -3.61. The molecule has 3 rings (SSSR count). The molecule has 7 heteroatoms. The van der Waals surface area contributed by atoms with Gasteiger partial charge >= 0.3 is 0 Å². The van der Waals surface area contributed by atoms with Crippen molar-refractivity contribution in [1.29, 1.82) is 0 Å². The van der Waals surface area contributed by atoms with Crippen LogP contribution in [0.3, 0.4) is 0 Å². The topological polar surface area (TPSA) is 93.5 Å². The number of aryl methyl sites for hydroxylation is 1. The largest absolute Gasteiger partial charge is 0.484 e. The lowest BCUT2D eigenvalue weighted by Crippen LogP contribution is -2.28. The minimum atomic E-state index is -0.170. The Morgan fingerprint density at radius 2 is 1.80 bits per heavy atom. The van der Waals surface area contributed by atoms with E-state index in [-0.39, 0.29) is 18.4 Å². The highest BCUT2D eigenvalue weighted by Gasteiger charge is 2.08. The average Bonchev–Trinajstić information content (AvgIpc) is 3.23. The average molecular weight is 407 g/mol. The minimum absolute atomic E-state index is 0.0354. The van der Waals surface area contributed by atoms with Crippen LogP contribution in [0.1, 0.15) is 25.7 Å². The Bertz CT molecular complexity index is 952. The number of oxazole rings is 1. The van der Waals surface area contributed by atoms with E-state index in [1.165, 1.54) is 0 Å². The first-order valence-electron chi connectivity index (χ1n) is 9.93. The van der Waals surface area contributed by atoms with Crippen molar-refractivity contribution in [3.63, 3.8) is 0 Å². The molecule has 0 aliphatic rings. The van der Waals surface area contributed by atoms with Gasteiger partial charge in [0.25, 0.3) is 5.91 Å². The van der Waals surface area contributed by atoms with Gasteiger partial charge in [0.05, 0.1) is 6.20 Å². The Labute approximate surface area is 175 Å². The molecule has 0 unspecified atom stereocenters. The molecule has 3 aromatic rings. The zero-order chi connectivity index (χ0) is 21.2. The second kappa shape index (κ2) is 10.8. The Morgan fingerprint density at radius 3 is 2.53 bits per heavy atom. The summed E-state index contributed by atoms with van der Waals surface area (Å²) in [6.07, 6.45) is 3.29. The first-order chi connectivity index (χ1) is 14.6. The van der Waals surface area contributed by atoms with Gasteiger partial charge < -0.3 is 19.8 Å². The molecule has 0 spiro atoms. The number of amides is 2. The molecule has 2 N–H and O–H groups in total. The van der Waals surface area contributed by atoms with Crippen LogP contribution in [-0.2, 0) is 16.0 Å². The lowest BCUT2D eigenvalue weighted by atomic mass is 10.2. The molecule has 2 aromatic carbocycles. The number of nitrogens with one attached hydrogen (secondary N) is 2. The molecule has 0 bridgehead atoms. The van der Waals surface area contributed by atoms with Crippen molar-refractivity contribution < 1.29 is 18.7 Å². The van der Waals surface area contributed by atoms with Gasteiger partial charge in [-0.25, -0.2) is 4.98 Å². The predicted molar refractivity (Wildman–Crippen MR) is 114 cm³/mol. The van der Waals surface area contributed by atoms with Crippen LogP contribution in [-0.4, -0.2) is 29.9 Å². The molecule has 0 aliphatic carbocycles. The molecule has 0 radical (unpaired) electrons.